The van der Waals surface area contributed by atoms with E-state index in [1.807, 2.05) is 12.1 Å². The first kappa shape index (κ1) is 26.0. The number of benzene rings is 2. The fourth-order valence-corrected chi connectivity index (χ4v) is 6.32. The maximum atomic E-state index is 14.3. The summed E-state index contributed by atoms with van der Waals surface area (Å²) in [6.45, 7) is 0.774. The van der Waals surface area contributed by atoms with Crippen LogP contribution in [0.4, 0.5) is 17.6 Å². The van der Waals surface area contributed by atoms with Crippen LogP contribution in [-0.4, -0.2) is 12.8 Å². The average molecular weight is 491 g/mol. The Balaban J connectivity index is 1.31. The molecule has 4 unspecified atom stereocenters. The van der Waals surface area contributed by atoms with Crippen LogP contribution in [0.2, 0.25) is 0 Å². The van der Waals surface area contributed by atoms with Gasteiger partial charge in [0, 0.05) is 0 Å². The number of hydrogen-bond donors (Lipinski definition) is 0. The van der Waals surface area contributed by atoms with Crippen molar-refractivity contribution in [3.05, 3.63) is 53.8 Å². The summed E-state index contributed by atoms with van der Waals surface area (Å²) in [5.41, 5.74) is 2.83. The van der Waals surface area contributed by atoms with Gasteiger partial charge in [-0.05, 0) is 84.6 Å². The lowest BCUT2D eigenvalue weighted by Gasteiger charge is -2.42. The molecule has 0 amide bonds. The minimum Gasteiger partial charge on any atom is -0.481 e. The molecule has 5 heteroatoms. The first-order chi connectivity index (χ1) is 16.8. The predicted octanol–water partition coefficient (Wildman–Crippen LogP) is 9.70. The van der Waals surface area contributed by atoms with Crippen LogP contribution in [0.3, 0.4) is 0 Å². The Morgan fingerprint density at radius 2 is 1.54 bits per heavy atom. The molecule has 0 aromatic heterocycles. The van der Waals surface area contributed by atoms with Gasteiger partial charge in [0.15, 0.2) is 18.2 Å². The number of halogens is 4. The van der Waals surface area contributed by atoms with E-state index in [1.54, 1.807) is 6.07 Å². The topological polar surface area (TPSA) is 9.23 Å². The molecule has 2 saturated carbocycles. The maximum absolute atomic E-state index is 14.3. The largest absolute Gasteiger partial charge is 0.481 e. The second kappa shape index (κ2) is 11.8. The van der Waals surface area contributed by atoms with Crippen molar-refractivity contribution < 1.29 is 22.3 Å². The molecule has 2 aliphatic rings. The number of ether oxygens (including phenoxy) is 1. The van der Waals surface area contributed by atoms with Gasteiger partial charge < -0.3 is 4.74 Å². The number of fused-ring (bicyclic) bond motifs is 1. The van der Waals surface area contributed by atoms with Gasteiger partial charge in [-0.15, -0.1) is 0 Å². The van der Waals surface area contributed by atoms with Gasteiger partial charge in [0.2, 0.25) is 0 Å². The Kier molecular flexibility index (Phi) is 8.77. The van der Waals surface area contributed by atoms with Crippen molar-refractivity contribution in [2.75, 3.05) is 6.61 Å². The van der Waals surface area contributed by atoms with E-state index in [9.17, 15) is 17.6 Å². The van der Waals surface area contributed by atoms with E-state index in [1.165, 1.54) is 88.3 Å². The lowest BCUT2D eigenvalue weighted by atomic mass is 9.63. The van der Waals surface area contributed by atoms with Crippen LogP contribution < -0.4 is 4.74 Å². The third-order valence-corrected chi connectivity index (χ3v) is 8.23. The van der Waals surface area contributed by atoms with Crippen LogP contribution in [0.5, 0.6) is 5.75 Å². The van der Waals surface area contributed by atoms with Crippen LogP contribution in [0, 0.1) is 23.6 Å². The second-order valence-electron chi connectivity index (χ2n) is 10.7. The van der Waals surface area contributed by atoms with E-state index >= 15 is 0 Å². The molecule has 2 fully saturated rings. The third kappa shape index (κ3) is 7.24. The van der Waals surface area contributed by atoms with Gasteiger partial charge >= 0.3 is 6.18 Å². The number of alkyl halides is 3. The number of unbranched alkanes of at least 4 members (excludes halogenated alkanes) is 3. The lowest BCUT2D eigenvalue weighted by molar-refractivity contribution is -0.153. The molecular formula is C30H38F4O. The molecule has 192 valence electrons. The molecule has 4 atom stereocenters. The predicted molar refractivity (Wildman–Crippen MR) is 133 cm³/mol. The highest BCUT2D eigenvalue weighted by Gasteiger charge is 2.35. The molecule has 1 nitrogen and oxygen atoms in total. The monoisotopic (exact) mass is 490 g/mol. The first-order valence-corrected chi connectivity index (χ1v) is 13.4. The SMILES string of the molecule is CCCCCCC1CCC2CC(c3ccc(-c4ccc(OCC(F)(F)F)c(F)c4)cc3)CCC2C1. The summed E-state index contributed by atoms with van der Waals surface area (Å²) in [7, 11) is 0. The summed E-state index contributed by atoms with van der Waals surface area (Å²) in [5, 5.41) is 0. The molecule has 2 aromatic carbocycles. The van der Waals surface area contributed by atoms with Crippen molar-refractivity contribution in [3.8, 4) is 16.9 Å². The molecule has 35 heavy (non-hydrogen) atoms. The zero-order valence-corrected chi connectivity index (χ0v) is 20.8. The molecule has 0 spiro atoms. The maximum Gasteiger partial charge on any atom is 0.422 e. The molecule has 0 bridgehead atoms. The zero-order chi connectivity index (χ0) is 24.8. The fraction of sp³-hybridized carbons (Fsp3) is 0.600. The van der Waals surface area contributed by atoms with E-state index in [4.69, 9.17) is 0 Å². The van der Waals surface area contributed by atoms with Crippen molar-refractivity contribution in [2.45, 2.75) is 89.6 Å². The minimum absolute atomic E-state index is 0.380. The summed E-state index contributed by atoms with van der Waals surface area (Å²) >= 11 is 0. The second-order valence-corrected chi connectivity index (χ2v) is 10.7. The number of hydrogen-bond acceptors (Lipinski definition) is 1. The summed E-state index contributed by atoms with van der Waals surface area (Å²) in [4.78, 5) is 0. The van der Waals surface area contributed by atoms with E-state index < -0.39 is 18.6 Å². The van der Waals surface area contributed by atoms with Gasteiger partial charge in [-0.2, -0.15) is 13.2 Å². The van der Waals surface area contributed by atoms with Crippen LogP contribution in [0.15, 0.2) is 42.5 Å². The Morgan fingerprint density at radius 1 is 0.829 bits per heavy atom. The Morgan fingerprint density at radius 3 is 2.26 bits per heavy atom. The first-order valence-electron chi connectivity index (χ1n) is 13.4. The Labute approximate surface area is 207 Å². The van der Waals surface area contributed by atoms with Crippen molar-refractivity contribution in [2.24, 2.45) is 17.8 Å². The van der Waals surface area contributed by atoms with Gasteiger partial charge in [0.1, 0.15) is 0 Å². The standard InChI is InChI=1S/C30H38F4O/c1-2-3-4-5-6-21-7-8-26-18-25(14-13-24(26)17-21)22-9-11-23(12-10-22)27-15-16-29(28(31)19-27)35-20-30(32,33)34/h9-12,15-16,19,21,24-26H,2-8,13-14,17-18,20H2,1H3. The lowest BCUT2D eigenvalue weighted by Crippen LogP contribution is -2.30. The fourth-order valence-electron chi connectivity index (χ4n) is 6.32. The van der Waals surface area contributed by atoms with E-state index in [0.717, 1.165) is 23.3 Å². The highest BCUT2D eigenvalue weighted by molar-refractivity contribution is 5.64. The van der Waals surface area contributed by atoms with Crippen molar-refractivity contribution in [1.82, 2.24) is 0 Å². The minimum atomic E-state index is -4.49. The normalized spacial score (nSPS) is 24.7. The molecule has 0 N–H and O–H groups in total. The van der Waals surface area contributed by atoms with Crippen molar-refractivity contribution in [1.29, 1.82) is 0 Å². The molecule has 2 aliphatic carbocycles. The molecule has 4 rings (SSSR count). The summed E-state index contributed by atoms with van der Waals surface area (Å²) in [5.74, 6) is 2.11. The highest BCUT2D eigenvalue weighted by Crippen LogP contribution is 2.48. The van der Waals surface area contributed by atoms with Gasteiger partial charge in [0.05, 0.1) is 0 Å². The van der Waals surface area contributed by atoms with Crippen LogP contribution >= 0.6 is 0 Å². The zero-order valence-electron chi connectivity index (χ0n) is 20.8. The van der Waals surface area contributed by atoms with Crippen LogP contribution in [0.1, 0.15) is 89.0 Å². The molecular weight excluding hydrogens is 452 g/mol. The van der Waals surface area contributed by atoms with E-state index in [0.29, 0.717) is 11.5 Å². The average Bonchev–Trinajstić information content (AvgIpc) is 2.85. The molecule has 0 aliphatic heterocycles. The van der Waals surface area contributed by atoms with Gasteiger partial charge in [-0.3, -0.25) is 0 Å². The molecule has 0 radical (unpaired) electrons. The van der Waals surface area contributed by atoms with Gasteiger partial charge in [-0.25, -0.2) is 4.39 Å². The molecule has 2 aromatic rings. The molecule has 0 saturated heterocycles. The summed E-state index contributed by atoms with van der Waals surface area (Å²) in [6.07, 6.45) is 10.4. The Hall–Kier alpha value is -2.04. The summed E-state index contributed by atoms with van der Waals surface area (Å²) < 4.78 is 55.9. The third-order valence-electron chi connectivity index (χ3n) is 8.23. The van der Waals surface area contributed by atoms with Crippen molar-refractivity contribution in [3.63, 3.8) is 0 Å². The molecule has 0 heterocycles. The summed E-state index contributed by atoms with van der Waals surface area (Å²) in [6, 6.07) is 12.4. The van der Waals surface area contributed by atoms with E-state index in [2.05, 4.69) is 23.8 Å². The highest BCUT2D eigenvalue weighted by atomic mass is 19.4. The quantitative estimate of drug-likeness (QED) is 0.251. The van der Waals surface area contributed by atoms with Crippen LogP contribution in [-0.2, 0) is 0 Å². The number of rotatable bonds is 9. The Bertz CT molecular complexity index is 936. The van der Waals surface area contributed by atoms with Crippen LogP contribution in [0.25, 0.3) is 11.1 Å². The van der Waals surface area contributed by atoms with Gasteiger partial charge in [0.25, 0.3) is 0 Å². The smallest absolute Gasteiger partial charge is 0.422 e. The van der Waals surface area contributed by atoms with Crippen molar-refractivity contribution >= 4 is 0 Å². The van der Waals surface area contributed by atoms with E-state index in [-0.39, 0.29) is 5.75 Å². The van der Waals surface area contributed by atoms with Gasteiger partial charge in [-0.1, -0.05) is 75.8 Å².